The Labute approximate surface area is 113 Å². The van der Waals surface area contributed by atoms with Crippen molar-refractivity contribution in [2.75, 3.05) is 17.7 Å². The van der Waals surface area contributed by atoms with Crippen LogP contribution in [0.3, 0.4) is 0 Å². The van der Waals surface area contributed by atoms with Crippen LogP contribution in [0.25, 0.3) is 0 Å². The van der Waals surface area contributed by atoms with E-state index in [0.29, 0.717) is 11.4 Å². The quantitative estimate of drug-likeness (QED) is 0.898. The Bertz CT molecular complexity index is 608. The summed E-state index contributed by atoms with van der Waals surface area (Å²) in [5.74, 6) is -0.0656. The summed E-state index contributed by atoms with van der Waals surface area (Å²) >= 11 is 0. The molecule has 100 valence electrons. The van der Waals surface area contributed by atoms with Gasteiger partial charge in [-0.2, -0.15) is 0 Å². The fraction of sp³-hybridized carbons (Fsp3) is 0.267. The third kappa shape index (κ3) is 2.62. The number of amides is 1. The van der Waals surface area contributed by atoms with Crippen molar-refractivity contribution in [3.8, 4) is 0 Å². The highest BCUT2D eigenvalue weighted by Crippen LogP contribution is 2.20. The number of aromatic nitrogens is 1. The average Bonchev–Trinajstić information content (AvgIpc) is 2.65. The van der Waals surface area contributed by atoms with E-state index < -0.39 is 0 Å². The number of hydrogen-bond donors (Lipinski definition) is 1. The van der Waals surface area contributed by atoms with E-state index in [2.05, 4.69) is 6.07 Å². The fourth-order valence-electron chi connectivity index (χ4n) is 2.24. The van der Waals surface area contributed by atoms with Crippen LogP contribution in [0.2, 0.25) is 0 Å². The molecule has 0 spiro atoms. The third-order valence-electron chi connectivity index (χ3n) is 3.14. The lowest BCUT2D eigenvalue weighted by Gasteiger charge is -2.18. The van der Waals surface area contributed by atoms with E-state index >= 15 is 0 Å². The molecule has 0 saturated heterocycles. The molecule has 0 bridgehead atoms. The minimum atomic E-state index is -0.0656. The van der Waals surface area contributed by atoms with Crippen LogP contribution in [-0.2, 0) is 7.05 Å². The van der Waals surface area contributed by atoms with Crippen molar-refractivity contribution in [2.45, 2.75) is 13.8 Å². The minimum absolute atomic E-state index is 0.0656. The lowest BCUT2D eigenvalue weighted by Crippen LogP contribution is -2.28. The predicted octanol–water partition coefficient (Wildman–Crippen LogP) is 2.50. The van der Waals surface area contributed by atoms with Crippen molar-refractivity contribution < 1.29 is 4.79 Å². The molecule has 1 amide bonds. The molecule has 0 unspecified atom stereocenters. The molecule has 1 aromatic heterocycles. The topological polar surface area (TPSA) is 51.3 Å². The summed E-state index contributed by atoms with van der Waals surface area (Å²) in [5.41, 5.74) is 10.1. The molecular weight excluding hydrogens is 238 g/mol. The summed E-state index contributed by atoms with van der Waals surface area (Å²) in [5, 5.41) is 0. The van der Waals surface area contributed by atoms with Gasteiger partial charge in [0.1, 0.15) is 5.69 Å². The van der Waals surface area contributed by atoms with Gasteiger partial charge in [0.15, 0.2) is 0 Å². The maximum Gasteiger partial charge on any atom is 0.274 e. The van der Waals surface area contributed by atoms with Gasteiger partial charge in [0.25, 0.3) is 5.91 Å². The van der Waals surface area contributed by atoms with E-state index in [1.165, 1.54) is 0 Å². The van der Waals surface area contributed by atoms with E-state index in [-0.39, 0.29) is 5.91 Å². The average molecular weight is 257 g/mol. The van der Waals surface area contributed by atoms with Crippen LogP contribution in [-0.4, -0.2) is 17.5 Å². The van der Waals surface area contributed by atoms with E-state index in [1.54, 1.807) is 28.8 Å². The van der Waals surface area contributed by atoms with Gasteiger partial charge >= 0.3 is 0 Å². The van der Waals surface area contributed by atoms with Gasteiger partial charge in [-0.25, -0.2) is 0 Å². The zero-order valence-corrected chi connectivity index (χ0v) is 11.8. The zero-order valence-electron chi connectivity index (χ0n) is 11.8. The number of aryl methyl sites for hydroxylation is 3. The Balaban J connectivity index is 2.36. The summed E-state index contributed by atoms with van der Waals surface area (Å²) in [6.07, 6.45) is 1.74. The maximum atomic E-state index is 12.5. The molecule has 2 N–H and O–H groups in total. The first-order valence-electron chi connectivity index (χ1n) is 6.16. The van der Waals surface area contributed by atoms with Gasteiger partial charge in [-0.05, 0) is 43.2 Å². The van der Waals surface area contributed by atoms with Crippen molar-refractivity contribution in [2.24, 2.45) is 7.05 Å². The first kappa shape index (κ1) is 13.2. The molecule has 19 heavy (non-hydrogen) atoms. The van der Waals surface area contributed by atoms with Crippen molar-refractivity contribution in [3.63, 3.8) is 0 Å². The lowest BCUT2D eigenvalue weighted by molar-refractivity contribution is 0.0985. The molecule has 0 radical (unpaired) electrons. The molecule has 0 saturated carbocycles. The maximum absolute atomic E-state index is 12.5. The summed E-state index contributed by atoms with van der Waals surface area (Å²) in [6.45, 7) is 4.05. The van der Waals surface area contributed by atoms with Crippen LogP contribution in [0.1, 0.15) is 21.6 Å². The van der Waals surface area contributed by atoms with Gasteiger partial charge < -0.3 is 15.2 Å². The summed E-state index contributed by atoms with van der Waals surface area (Å²) in [6, 6.07) is 7.78. The summed E-state index contributed by atoms with van der Waals surface area (Å²) in [4.78, 5) is 14.1. The number of carbonyl (C=O) groups is 1. The lowest BCUT2D eigenvalue weighted by atomic mass is 10.1. The second kappa shape index (κ2) is 4.80. The van der Waals surface area contributed by atoms with Crippen LogP contribution in [0.15, 0.2) is 30.5 Å². The Hall–Kier alpha value is -2.23. The van der Waals surface area contributed by atoms with Crippen LogP contribution in [0, 0.1) is 13.8 Å². The van der Waals surface area contributed by atoms with Gasteiger partial charge in [-0.3, -0.25) is 4.79 Å². The van der Waals surface area contributed by atoms with Gasteiger partial charge in [0.2, 0.25) is 0 Å². The van der Waals surface area contributed by atoms with E-state index in [1.807, 2.05) is 33.0 Å². The van der Waals surface area contributed by atoms with Gasteiger partial charge in [0, 0.05) is 26.0 Å². The predicted molar refractivity (Wildman–Crippen MR) is 78.5 cm³/mol. The molecular formula is C15H19N3O. The monoisotopic (exact) mass is 257 g/mol. The second-order valence-corrected chi connectivity index (χ2v) is 4.98. The molecule has 4 nitrogen and oxygen atoms in total. The molecule has 0 aliphatic carbocycles. The van der Waals surface area contributed by atoms with Crippen LogP contribution in [0.5, 0.6) is 0 Å². The molecule has 0 atom stereocenters. The van der Waals surface area contributed by atoms with Crippen LogP contribution >= 0.6 is 0 Å². The minimum Gasteiger partial charge on any atom is -0.397 e. The van der Waals surface area contributed by atoms with E-state index in [0.717, 1.165) is 16.8 Å². The number of carbonyl (C=O) groups excluding carboxylic acids is 1. The van der Waals surface area contributed by atoms with Crippen LogP contribution < -0.4 is 10.6 Å². The molecule has 1 aromatic carbocycles. The highest BCUT2D eigenvalue weighted by atomic mass is 16.2. The normalized spacial score (nSPS) is 10.5. The highest BCUT2D eigenvalue weighted by Gasteiger charge is 2.17. The van der Waals surface area contributed by atoms with Crippen molar-refractivity contribution >= 4 is 17.3 Å². The standard InChI is InChI=1S/C15H19N3O/c1-10-5-11(2)7-13(6-10)18(4)15(19)14-8-12(16)9-17(14)3/h5-9H,16H2,1-4H3. The first-order valence-corrected chi connectivity index (χ1v) is 6.16. The van der Waals surface area contributed by atoms with E-state index in [4.69, 9.17) is 5.73 Å². The Morgan fingerprint density at radius 3 is 2.21 bits per heavy atom. The zero-order chi connectivity index (χ0) is 14.2. The number of nitrogens with zero attached hydrogens (tertiary/aromatic N) is 2. The largest absolute Gasteiger partial charge is 0.397 e. The van der Waals surface area contributed by atoms with Gasteiger partial charge in [0.05, 0.1) is 5.69 Å². The van der Waals surface area contributed by atoms with Crippen molar-refractivity contribution in [3.05, 3.63) is 47.3 Å². The molecule has 1 heterocycles. The number of nitrogens with two attached hydrogens (primary N) is 1. The Morgan fingerprint density at radius 1 is 1.16 bits per heavy atom. The molecule has 0 aliphatic rings. The van der Waals surface area contributed by atoms with Crippen molar-refractivity contribution in [1.29, 1.82) is 0 Å². The number of nitrogen functional groups attached to an aromatic ring is 1. The molecule has 2 aromatic rings. The van der Waals surface area contributed by atoms with Crippen LogP contribution in [0.4, 0.5) is 11.4 Å². The van der Waals surface area contributed by atoms with Gasteiger partial charge in [-0.15, -0.1) is 0 Å². The first-order chi connectivity index (χ1) is 8.88. The number of hydrogen-bond acceptors (Lipinski definition) is 2. The summed E-state index contributed by atoms with van der Waals surface area (Å²) < 4.78 is 1.75. The fourth-order valence-corrected chi connectivity index (χ4v) is 2.24. The number of benzene rings is 1. The van der Waals surface area contributed by atoms with Gasteiger partial charge in [-0.1, -0.05) is 6.07 Å². The summed E-state index contributed by atoms with van der Waals surface area (Å²) in [7, 11) is 3.60. The third-order valence-corrected chi connectivity index (χ3v) is 3.14. The van der Waals surface area contributed by atoms with E-state index in [9.17, 15) is 4.79 Å². The molecule has 0 aliphatic heterocycles. The SMILES string of the molecule is Cc1cc(C)cc(N(C)C(=O)c2cc(N)cn2C)c1. The molecule has 0 fully saturated rings. The number of rotatable bonds is 2. The second-order valence-electron chi connectivity index (χ2n) is 4.98. The Kier molecular flexibility index (Phi) is 3.34. The Morgan fingerprint density at radius 2 is 1.74 bits per heavy atom. The smallest absolute Gasteiger partial charge is 0.274 e. The number of anilines is 2. The highest BCUT2D eigenvalue weighted by molar-refractivity contribution is 6.05. The molecule has 4 heteroatoms. The molecule has 2 rings (SSSR count). The van der Waals surface area contributed by atoms with Crippen molar-refractivity contribution in [1.82, 2.24) is 4.57 Å².